The molecule has 1 atom stereocenters. The molecule has 3 aromatic rings. The third-order valence-corrected chi connectivity index (χ3v) is 4.80. The molecule has 0 saturated carbocycles. The Balaban J connectivity index is 1.78. The standard InChI is InChI=1S/C21H17FN4O3/c22-14-6-4-13(5-7-14)19(27)17-18(16-3-1-2-9-24-16)26(21(29)20(17)28)10-8-15-11-23-12-25-15/h1-7,9,11-12,18,27H,8,10H2,(H,23,25)/t18-/m0/s1. The molecule has 0 bridgehead atoms. The molecule has 1 amide bonds. The summed E-state index contributed by atoms with van der Waals surface area (Å²) >= 11 is 0. The van der Waals surface area contributed by atoms with Crippen LogP contribution >= 0.6 is 0 Å². The van der Waals surface area contributed by atoms with Gasteiger partial charge < -0.3 is 15.0 Å². The third-order valence-electron chi connectivity index (χ3n) is 4.80. The number of carbonyl (C=O) groups excluding carboxylic acids is 2. The van der Waals surface area contributed by atoms with Crippen LogP contribution in [0.5, 0.6) is 0 Å². The lowest BCUT2D eigenvalue weighted by Gasteiger charge is -2.24. The number of aliphatic hydroxyl groups excluding tert-OH is 1. The fraction of sp³-hybridized carbons (Fsp3) is 0.143. The molecule has 1 fully saturated rings. The monoisotopic (exact) mass is 392 g/mol. The van der Waals surface area contributed by atoms with Gasteiger partial charge in [-0.1, -0.05) is 6.07 Å². The third kappa shape index (κ3) is 3.52. The smallest absolute Gasteiger partial charge is 0.295 e. The van der Waals surface area contributed by atoms with E-state index in [2.05, 4.69) is 15.0 Å². The fourth-order valence-corrected chi connectivity index (χ4v) is 3.38. The topological polar surface area (TPSA) is 99.2 Å². The molecule has 1 aromatic carbocycles. The second kappa shape index (κ2) is 7.67. The van der Waals surface area contributed by atoms with Crippen molar-refractivity contribution in [2.45, 2.75) is 12.5 Å². The SMILES string of the molecule is O=C1C(=O)N(CCc2cnc[nH]2)[C@@H](c2ccccn2)C1=C(O)c1ccc(F)cc1. The molecule has 0 aliphatic carbocycles. The second-order valence-corrected chi connectivity index (χ2v) is 6.58. The summed E-state index contributed by atoms with van der Waals surface area (Å²) in [5, 5.41) is 10.8. The van der Waals surface area contributed by atoms with E-state index in [1.165, 1.54) is 35.5 Å². The van der Waals surface area contributed by atoms with Crippen LogP contribution in [0, 0.1) is 5.82 Å². The summed E-state index contributed by atoms with van der Waals surface area (Å²) in [5.74, 6) is -2.35. The van der Waals surface area contributed by atoms with E-state index in [0.29, 0.717) is 12.1 Å². The first kappa shape index (κ1) is 18.5. The highest BCUT2D eigenvalue weighted by molar-refractivity contribution is 6.46. The average Bonchev–Trinajstić information content (AvgIpc) is 3.34. The summed E-state index contributed by atoms with van der Waals surface area (Å²) in [6.45, 7) is 0.230. The van der Waals surface area contributed by atoms with Crippen molar-refractivity contribution in [3.8, 4) is 0 Å². The Morgan fingerprint density at radius 3 is 2.62 bits per heavy atom. The molecular weight excluding hydrogens is 375 g/mol. The lowest BCUT2D eigenvalue weighted by Crippen LogP contribution is -2.32. The molecule has 146 valence electrons. The van der Waals surface area contributed by atoms with E-state index in [9.17, 15) is 19.1 Å². The number of H-pyrrole nitrogens is 1. The number of amides is 1. The maximum absolute atomic E-state index is 13.3. The Morgan fingerprint density at radius 2 is 1.97 bits per heavy atom. The Bertz CT molecular complexity index is 1060. The van der Waals surface area contributed by atoms with Gasteiger partial charge in [0.15, 0.2) is 0 Å². The quantitative estimate of drug-likeness (QED) is 0.395. The summed E-state index contributed by atoms with van der Waals surface area (Å²) in [6, 6.07) is 9.39. The molecular formula is C21H17FN4O3. The molecule has 1 aliphatic heterocycles. The van der Waals surface area contributed by atoms with Gasteiger partial charge in [-0.2, -0.15) is 0 Å². The number of aliphatic hydroxyl groups is 1. The molecule has 2 aromatic heterocycles. The van der Waals surface area contributed by atoms with E-state index >= 15 is 0 Å². The molecule has 0 radical (unpaired) electrons. The minimum absolute atomic E-state index is 0.0649. The van der Waals surface area contributed by atoms with E-state index < -0.39 is 23.5 Å². The Labute approximate surface area is 165 Å². The molecule has 8 heteroatoms. The van der Waals surface area contributed by atoms with Crippen molar-refractivity contribution in [1.82, 2.24) is 19.9 Å². The number of carbonyl (C=O) groups is 2. The van der Waals surface area contributed by atoms with Crippen molar-refractivity contribution in [2.24, 2.45) is 0 Å². The zero-order valence-electron chi connectivity index (χ0n) is 15.2. The predicted octanol–water partition coefficient (Wildman–Crippen LogP) is 2.61. The van der Waals surface area contributed by atoms with Gasteiger partial charge in [0.2, 0.25) is 0 Å². The number of nitrogens with zero attached hydrogens (tertiary/aromatic N) is 3. The van der Waals surface area contributed by atoms with Crippen LogP contribution in [0.4, 0.5) is 4.39 Å². The van der Waals surface area contributed by atoms with Gasteiger partial charge in [0.05, 0.1) is 17.6 Å². The molecule has 3 heterocycles. The summed E-state index contributed by atoms with van der Waals surface area (Å²) < 4.78 is 13.3. The predicted molar refractivity (Wildman–Crippen MR) is 102 cm³/mol. The van der Waals surface area contributed by atoms with Crippen LogP contribution in [0.3, 0.4) is 0 Å². The minimum atomic E-state index is -0.843. The molecule has 29 heavy (non-hydrogen) atoms. The fourth-order valence-electron chi connectivity index (χ4n) is 3.38. The number of hydrogen-bond acceptors (Lipinski definition) is 5. The number of imidazole rings is 1. The average molecular weight is 392 g/mol. The second-order valence-electron chi connectivity index (χ2n) is 6.58. The Morgan fingerprint density at radius 1 is 1.17 bits per heavy atom. The van der Waals surface area contributed by atoms with Crippen molar-refractivity contribution >= 4 is 17.4 Å². The molecule has 4 rings (SSSR count). The van der Waals surface area contributed by atoms with Gasteiger partial charge in [-0.15, -0.1) is 0 Å². The zero-order chi connectivity index (χ0) is 20.4. The number of halogens is 1. The number of benzene rings is 1. The molecule has 7 nitrogen and oxygen atoms in total. The van der Waals surface area contributed by atoms with Crippen molar-refractivity contribution < 1.29 is 19.1 Å². The number of ketones is 1. The van der Waals surface area contributed by atoms with E-state index in [1.54, 1.807) is 30.6 Å². The maximum Gasteiger partial charge on any atom is 0.295 e. The van der Waals surface area contributed by atoms with Crippen LogP contribution in [0.2, 0.25) is 0 Å². The number of aromatic nitrogens is 3. The molecule has 0 unspecified atom stereocenters. The molecule has 1 aliphatic rings. The number of rotatable bonds is 5. The van der Waals surface area contributed by atoms with E-state index in [4.69, 9.17) is 0 Å². The van der Waals surface area contributed by atoms with Crippen LogP contribution in [0.15, 0.2) is 66.8 Å². The van der Waals surface area contributed by atoms with Crippen LogP contribution in [0.25, 0.3) is 5.76 Å². The lowest BCUT2D eigenvalue weighted by atomic mass is 9.98. The van der Waals surface area contributed by atoms with E-state index in [-0.39, 0.29) is 23.4 Å². The summed E-state index contributed by atoms with van der Waals surface area (Å²) in [7, 11) is 0. The van der Waals surface area contributed by atoms with Gasteiger partial charge in [0.1, 0.15) is 17.6 Å². The normalized spacial score (nSPS) is 18.4. The highest BCUT2D eigenvalue weighted by Gasteiger charge is 2.46. The number of aromatic amines is 1. The first-order chi connectivity index (χ1) is 14.1. The van der Waals surface area contributed by atoms with Gasteiger partial charge in [-0.25, -0.2) is 9.37 Å². The first-order valence-corrected chi connectivity index (χ1v) is 8.99. The molecule has 0 spiro atoms. The number of pyridine rings is 1. The van der Waals surface area contributed by atoms with Gasteiger partial charge >= 0.3 is 0 Å². The van der Waals surface area contributed by atoms with Gasteiger partial charge in [0, 0.05) is 36.6 Å². The van der Waals surface area contributed by atoms with E-state index in [0.717, 1.165) is 5.69 Å². The molecule has 2 N–H and O–H groups in total. The van der Waals surface area contributed by atoms with E-state index in [1.807, 2.05) is 0 Å². The van der Waals surface area contributed by atoms with Crippen molar-refractivity contribution in [1.29, 1.82) is 0 Å². The Hall–Kier alpha value is -3.81. The van der Waals surface area contributed by atoms with Gasteiger partial charge in [-0.3, -0.25) is 14.6 Å². The minimum Gasteiger partial charge on any atom is -0.507 e. The lowest BCUT2D eigenvalue weighted by molar-refractivity contribution is -0.139. The molecule has 1 saturated heterocycles. The zero-order valence-corrected chi connectivity index (χ0v) is 15.2. The van der Waals surface area contributed by atoms with Gasteiger partial charge in [-0.05, 0) is 36.4 Å². The number of likely N-dealkylation sites (tertiary alicyclic amines) is 1. The first-order valence-electron chi connectivity index (χ1n) is 8.99. The van der Waals surface area contributed by atoms with Crippen LogP contribution in [-0.2, 0) is 16.0 Å². The van der Waals surface area contributed by atoms with Crippen LogP contribution < -0.4 is 0 Å². The van der Waals surface area contributed by atoms with Crippen molar-refractivity contribution in [3.05, 3.63) is 89.5 Å². The largest absolute Gasteiger partial charge is 0.507 e. The summed E-state index contributed by atoms with van der Waals surface area (Å²) in [5.41, 5.74) is 1.45. The van der Waals surface area contributed by atoms with Gasteiger partial charge in [0.25, 0.3) is 11.7 Å². The number of Topliss-reactive ketones (excluding diaryl/α,β-unsaturated/α-hetero) is 1. The van der Waals surface area contributed by atoms with Crippen molar-refractivity contribution in [2.75, 3.05) is 6.54 Å². The summed E-state index contributed by atoms with van der Waals surface area (Å²) in [6.07, 6.45) is 5.19. The summed E-state index contributed by atoms with van der Waals surface area (Å²) in [4.78, 5) is 38.2. The number of nitrogens with one attached hydrogen (secondary N) is 1. The highest BCUT2D eigenvalue weighted by Crippen LogP contribution is 2.38. The number of hydrogen-bond donors (Lipinski definition) is 2. The van der Waals surface area contributed by atoms with Crippen LogP contribution in [0.1, 0.15) is 23.0 Å². The Kier molecular flexibility index (Phi) is 4.90. The van der Waals surface area contributed by atoms with Crippen molar-refractivity contribution in [3.63, 3.8) is 0 Å². The highest BCUT2D eigenvalue weighted by atomic mass is 19.1. The maximum atomic E-state index is 13.3. The van der Waals surface area contributed by atoms with Crippen LogP contribution in [-0.4, -0.2) is 43.2 Å².